The number of amides is 3. The Morgan fingerprint density at radius 2 is 2.04 bits per heavy atom. The van der Waals surface area contributed by atoms with Crippen molar-refractivity contribution in [2.24, 2.45) is 7.05 Å². The topological polar surface area (TPSA) is 83.4 Å². The number of hydrazine groups is 1. The van der Waals surface area contributed by atoms with Crippen molar-refractivity contribution < 1.29 is 14.4 Å². The predicted octanol–water partition coefficient (Wildman–Crippen LogP) is 1.58. The molecule has 0 saturated carbocycles. The molecule has 2 aromatic rings. The van der Waals surface area contributed by atoms with Gasteiger partial charge in [0.15, 0.2) is 0 Å². The molecule has 7 nitrogen and oxygen atoms in total. The van der Waals surface area contributed by atoms with E-state index >= 15 is 0 Å². The molecule has 3 rings (SSSR count). The van der Waals surface area contributed by atoms with E-state index in [1.807, 2.05) is 18.2 Å². The van der Waals surface area contributed by atoms with Gasteiger partial charge in [0, 0.05) is 18.1 Å². The van der Waals surface area contributed by atoms with Gasteiger partial charge in [-0.2, -0.15) is 0 Å². The second kappa shape index (κ2) is 7.20. The van der Waals surface area contributed by atoms with Gasteiger partial charge in [0.25, 0.3) is 11.8 Å². The number of hydrogen-bond donors (Lipinski definition) is 2. The molecule has 1 aliphatic heterocycles. The van der Waals surface area contributed by atoms with Crippen molar-refractivity contribution in [2.45, 2.75) is 4.90 Å². The van der Waals surface area contributed by atoms with E-state index in [1.165, 1.54) is 22.7 Å². The van der Waals surface area contributed by atoms with E-state index in [1.54, 1.807) is 23.9 Å². The van der Waals surface area contributed by atoms with Gasteiger partial charge in [-0.15, -0.1) is 11.8 Å². The van der Waals surface area contributed by atoms with Crippen molar-refractivity contribution >= 4 is 46.8 Å². The number of nitrogens with one attached hydrogen (secondary N) is 2. The Morgan fingerprint density at radius 1 is 1.28 bits per heavy atom. The summed E-state index contributed by atoms with van der Waals surface area (Å²) in [5, 5.41) is 0.423. The molecular weight excluding hydrogens is 364 g/mol. The number of carbonyl (C=O) groups excluding carboxylic acids is 3. The summed E-state index contributed by atoms with van der Waals surface area (Å²) < 4.78 is 1.55. The summed E-state index contributed by atoms with van der Waals surface area (Å²) in [6.45, 7) is -0.176. The molecule has 2 heterocycles. The lowest BCUT2D eigenvalue weighted by Crippen LogP contribution is -2.49. The minimum absolute atomic E-state index is 0.153. The zero-order chi connectivity index (χ0) is 18.0. The predicted molar refractivity (Wildman–Crippen MR) is 95.6 cm³/mol. The summed E-state index contributed by atoms with van der Waals surface area (Å²) in [5.74, 6) is -0.870. The lowest BCUT2D eigenvalue weighted by atomic mass is 10.2. The van der Waals surface area contributed by atoms with Crippen LogP contribution in [0.2, 0.25) is 5.02 Å². The highest BCUT2D eigenvalue weighted by Gasteiger charge is 2.26. The Kier molecular flexibility index (Phi) is 5.00. The second-order valence-electron chi connectivity index (χ2n) is 5.39. The van der Waals surface area contributed by atoms with Gasteiger partial charge in [-0.1, -0.05) is 23.7 Å². The number of rotatable bonds is 3. The Labute approximate surface area is 153 Å². The highest BCUT2D eigenvalue weighted by atomic mass is 35.5. The lowest BCUT2D eigenvalue weighted by Gasteiger charge is -2.28. The fourth-order valence-electron chi connectivity index (χ4n) is 2.45. The Morgan fingerprint density at radius 3 is 2.76 bits per heavy atom. The van der Waals surface area contributed by atoms with Crippen LogP contribution in [0.25, 0.3) is 0 Å². The maximum absolute atomic E-state index is 12.1. The normalized spacial score (nSPS) is 13.4. The first-order valence-corrected chi connectivity index (χ1v) is 8.75. The van der Waals surface area contributed by atoms with Gasteiger partial charge < -0.3 is 9.47 Å². The van der Waals surface area contributed by atoms with Crippen LogP contribution < -0.4 is 15.8 Å². The van der Waals surface area contributed by atoms with Gasteiger partial charge in [0.2, 0.25) is 5.91 Å². The largest absolute Gasteiger partial charge is 0.345 e. The van der Waals surface area contributed by atoms with Crippen molar-refractivity contribution in [1.82, 2.24) is 15.4 Å². The molecule has 0 saturated heterocycles. The van der Waals surface area contributed by atoms with Crippen LogP contribution in [0.1, 0.15) is 10.5 Å². The fourth-order valence-corrected chi connectivity index (χ4v) is 3.64. The number of anilines is 1. The maximum Gasteiger partial charge on any atom is 0.286 e. The van der Waals surface area contributed by atoms with Crippen LogP contribution in [0.15, 0.2) is 41.4 Å². The summed E-state index contributed by atoms with van der Waals surface area (Å²) in [6, 6.07) is 8.87. The number of hydrogen-bond acceptors (Lipinski definition) is 4. The van der Waals surface area contributed by atoms with Crippen LogP contribution in [-0.2, 0) is 16.6 Å². The highest BCUT2D eigenvalue weighted by molar-refractivity contribution is 8.00. The summed E-state index contributed by atoms with van der Waals surface area (Å²) in [5.41, 5.74) is 5.64. The van der Waals surface area contributed by atoms with Crippen LogP contribution in [0.5, 0.6) is 0 Å². The highest BCUT2D eigenvalue weighted by Crippen LogP contribution is 2.34. The van der Waals surface area contributed by atoms with Crippen molar-refractivity contribution in [3.63, 3.8) is 0 Å². The average molecular weight is 379 g/mol. The SMILES string of the molecule is Cn1cc(Cl)cc1C(=O)NNC(=O)CN1C(=O)CSc2ccccc21. The summed E-state index contributed by atoms with van der Waals surface area (Å²) in [6.07, 6.45) is 1.58. The molecule has 0 fully saturated rings. The Balaban J connectivity index is 1.62. The number of para-hydroxylation sites is 1. The van der Waals surface area contributed by atoms with Crippen LogP contribution in [0, 0.1) is 0 Å². The molecule has 130 valence electrons. The van der Waals surface area contributed by atoms with Gasteiger partial charge in [-0.05, 0) is 18.2 Å². The first-order chi connectivity index (χ1) is 12.0. The first kappa shape index (κ1) is 17.4. The number of aryl methyl sites for hydroxylation is 1. The molecule has 0 bridgehead atoms. The molecule has 0 radical (unpaired) electrons. The molecule has 1 aromatic carbocycles. The number of thioether (sulfide) groups is 1. The molecule has 2 N–H and O–H groups in total. The van der Waals surface area contributed by atoms with Gasteiger partial charge in [-0.3, -0.25) is 25.2 Å². The van der Waals surface area contributed by atoms with Gasteiger partial charge >= 0.3 is 0 Å². The zero-order valence-corrected chi connectivity index (χ0v) is 14.9. The second-order valence-corrected chi connectivity index (χ2v) is 6.85. The molecule has 0 atom stereocenters. The number of fused-ring (bicyclic) bond motifs is 1. The third kappa shape index (κ3) is 3.80. The molecule has 0 spiro atoms. The molecule has 9 heteroatoms. The fraction of sp³-hybridized carbons (Fsp3) is 0.188. The number of benzene rings is 1. The Hall–Kier alpha value is -2.45. The first-order valence-electron chi connectivity index (χ1n) is 7.39. The zero-order valence-electron chi connectivity index (χ0n) is 13.3. The van der Waals surface area contributed by atoms with Crippen molar-refractivity contribution in [3.05, 3.63) is 47.2 Å². The van der Waals surface area contributed by atoms with E-state index in [4.69, 9.17) is 11.6 Å². The van der Waals surface area contributed by atoms with Crippen molar-refractivity contribution in [2.75, 3.05) is 17.2 Å². The number of nitrogens with zero attached hydrogens (tertiary/aromatic N) is 2. The van der Waals surface area contributed by atoms with Gasteiger partial charge in [0.1, 0.15) is 12.2 Å². The minimum Gasteiger partial charge on any atom is -0.345 e. The van der Waals surface area contributed by atoms with E-state index in [9.17, 15) is 14.4 Å². The molecule has 3 amide bonds. The molecule has 0 unspecified atom stereocenters. The van der Waals surface area contributed by atoms with E-state index < -0.39 is 11.8 Å². The number of aromatic nitrogens is 1. The van der Waals surface area contributed by atoms with E-state index in [0.29, 0.717) is 16.4 Å². The standard InChI is InChI=1S/C16H15ClN4O3S/c1-20-7-10(17)6-12(20)16(24)19-18-14(22)8-21-11-4-2-3-5-13(11)25-9-15(21)23/h2-7H,8-9H2,1H3,(H,18,22)(H,19,24). The van der Waals surface area contributed by atoms with E-state index in [0.717, 1.165) is 4.90 Å². The maximum atomic E-state index is 12.1. The monoisotopic (exact) mass is 378 g/mol. The Bertz CT molecular complexity index is 852. The molecule has 1 aliphatic rings. The third-order valence-electron chi connectivity index (χ3n) is 3.63. The van der Waals surface area contributed by atoms with Gasteiger partial charge in [0.05, 0.1) is 16.5 Å². The van der Waals surface area contributed by atoms with Crippen LogP contribution in [0.3, 0.4) is 0 Å². The molecular formula is C16H15ClN4O3S. The quantitative estimate of drug-likeness (QED) is 0.794. The molecule has 1 aromatic heterocycles. The van der Waals surface area contributed by atoms with Gasteiger partial charge in [-0.25, -0.2) is 0 Å². The summed E-state index contributed by atoms with van der Waals surface area (Å²) >= 11 is 7.27. The average Bonchev–Trinajstić information content (AvgIpc) is 2.94. The minimum atomic E-state index is -0.497. The smallest absolute Gasteiger partial charge is 0.286 e. The molecule has 25 heavy (non-hydrogen) atoms. The van der Waals surface area contributed by atoms with Crippen LogP contribution in [-0.4, -0.2) is 34.6 Å². The van der Waals surface area contributed by atoms with Crippen LogP contribution in [0.4, 0.5) is 5.69 Å². The summed E-state index contributed by atoms with van der Waals surface area (Å²) in [4.78, 5) is 38.7. The number of carbonyl (C=O) groups is 3. The number of halogens is 1. The van der Waals surface area contributed by atoms with Crippen molar-refractivity contribution in [3.8, 4) is 0 Å². The third-order valence-corrected chi connectivity index (χ3v) is 4.88. The van der Waals surface area contributed by atoms with E-state index in [2.05, 4.69) is 10.9 Å². The molecule has 0 aliphatic carbocycles. The lowest BCUT2D eigenvalue weighted by molar-refractivity contribution is -0.123. The van der Waals surface area contributed by atoms with Crippen molar-refractivity contribution in [1.29, 1.82) is 0 Å². The summed E-state index contributed by atoms with van der Waals surface area (Å²) in [7, 11) is 1.67. The van der Waals surface area contributed by atoms with Crippen LogP contribution >= 0.6 is 23.4 Å². The van der Waals surface area contributed by atoms with E-state index in [-0.39, 0.29) is 18.2 Å².